The van der Waals surface area contributed by atoms with Crippen molar-refractivity contribution in [2.45, 2.75) is 89.9 Å². The number of unbranched alkanes of at least 4 members (excludes halogenated alkanes) is 1. The predicted octanol–water partition coefficient (Wildman–Crippen LogP) is 2.05. The van der Waals surface area contributed by atoms with Crippen molar-refractivity contribution in [3.8, 4) is 0 Å². The van der Waals surface area contributed by atoms with Gasteiger partial charge in [0.15, 0.2) is 0 Å². The molecule has 0 amide bonds. The fraction of sp³-hybridized carbons (Fsp3) is 1.00. The standard InChI is InChI=1S/C15H36N4/c1-3-13(16)10-7-9-12(14(17)4-2)8-5-6-11-15(18)19/h12-15H,3-11,16-19H2,1-2H3. The van der Waals surface area contributed by atoms with Crippen molar-refractivity contribution in [1.82, 2.24) is 0 Å². The van der Waals surface area contributed by atoms with E-state index < -0.39 is 0 Å². The Morgan fingerprint density at radius 3 is 1.79 bits per heavy atom. The fourth-order valence-corrected chi connectivity index (χ4v) is 2.54. The highest BCUT2D eigenvalue weighted by Crippen LogP contribution is 2.21. The van der Waals surface area contributed by atoms with Crippen molar-refractivity contribution in [3.63, 3.8) is 0 Å². The number of nitrogens with two attached hydrogens (primary N) is 4. The van der Waals surface area contributed by atoms with Gasteiger partial charge in [0.2, 0.25) is 0 Å². The highest BCUT2D eigenvalue weighted by atomic mass is 14.8. The van der Waals surface area contributed by atoms with E-state index in [0.29, 0.717) is 18.0 Å². The van der Waals surface area contributed by atoms with Crippen LogP contribution in [0.4, 0.5) is 0 Å². The van der Waals surface area contributed by atoms with E-state index in [-0.39, 0.29) is 6.17 Å². The maximum Gasteiger partial charge on any atom is 0.0520 e. The van der Waals surface area contributed by atoms with Crippen LogP contribution in [0.3, 0.4) is 0 Å². The third-order valence-corrected chi connectivity index (χ3v) is 4.11. The van der Waals surface area contributed by atoms with Crippen molar-refractivity contribution < 1.29 is 0 Å². The normalized spacial score (nSPS) is 16.6. The van der Waals surface area contributed by atoms with Gasteiger partial charge >= 0.3 is 0 Å². The lowest BCUT2D eigenvalue weighted by Gasteiger charge is -2.23. The van der Waals surface area contributed by atoms with Gasteiger partial charge in [-0.05, 0) is 44.4 Å². The summed E-state index contributed by atoms with van der Waals surface area (Å²) in [7, 11) is 0. The number of hydrogen-bond donors (Lipinski definition) is 4. The van der Waals surface area contributed by atoms with Crippen LogP contribution >= 0.6 is 0 Å². The summed E-state index contributed by atoms with van der Waals surface area (Å²) in [6.45, 7) is 4.32. The van der Waals surface area contributed by atoms with Crippen molar-refractivity contribution in [1.29, 1.82) is 0 Å². The van der Waals surface area contributed by atoms with Crippen LogP contribution in [-0.4, -0.2) is 18.2 Å². The van der Waals surface area contributed by atoms with Crippen LogP contribution in [0.2, 0.25) is 0 Å². The van der Waals surface area contributed by atoms with Crippen molar-refractivity contribution in [2.24, 2.45) is 28.9 Å². The van der Waals surface area contributed by atoms with E-state index in [2.05, 4.69) is 13.8 Å². The summed E-state index contributed by atoms with van der Waals surface area (Å²) in [5.74, 6) is 0.628. The Balaban J connectivity index is 3.89. The second-order valence-corrected chi connectivity index (χ2v) is 5.88. The molecule has 3 unspecified atom stereocenters. The van der Waals surface area contributed by atoms with Gasteiger partial charge in [0.1, 0.15) is 0 Å². The van der Waals surface area contributed by atoms with E-state index in [4.69, 9.17) is 22.9 Å². The van der Waals surface area contributed by atoms with Crippen LogP contribution in [0.25, 0.3) is 0 Å². The molecule has 116 valence electrons. The van der Waals surface area contributed by atoms with E-state index >= 15 is 0 Å². The van der Waals surface area contributed by atoms with Gasteiger partial charge in [0, 0.05) is 12.1 Å². The van der Waals surface area contributed by atoms with Gasteiger partial charge in [-0.2, -0.15) is 0 Å². The Bertz CT molecular complexity index is 197. The maximum atomic E-state index is 6.23. The summed E-state index contributed by atoms with van der Waals surface area (Å²) < 4.78 is 0. The molecule has 0 aromatic heterocycles. The van der Waals surface area contributed by atoms with Crippen LogP contribution in [0.1, 0.15) is 71.6 Å². The molecular weight excluding hydrogens is 236 g/mol. The molecule has 4 nitrogen and oxygen atoms in total. The molecular formula is C15H36N4. The Morgan fingerprint density at radius 2 is 1.26 bits per heavy atom. The highest BCUT2D eigenvalue weighted by molar-refractivity contribution is 4.73. The van der Waals surface area contributed by atoms with E-state index in [1.807, 2.05) is 0 Å². The molecule has 19 heavy (non-hydrogen) atoms. The highest BCUT2D eigenvalue weighted by Gasteiger charge is 2.16. The SMILES string of the molecule is CCC(N)CCCC(CCCCC(N)N)C(N)CC. The summed E-state index contributed by atoms with van der Waals surface area (Å²) in [4.78, 5) is 0. The summed E-state index contributed by atoms with van der Waals surface area (Å²) in [5.41, 5.74) is 23.3. The van der Waals surface area contributed by atoms with Gasteiger partial charge in [-0.3, -0.25) is 0 Å². The van der Waals surface area contributed by atoms with Gasteiger partial charge in [-0.1, -0.05) is 33.1 Å². The zero-order valence-electron chi connectivity index (χ0n) is 13.0. The molecule has 0 aromatic rings. The third-order valence-electron chi connectivity index (χ3n) is 4.11. The topological polar surface area (TPSA) is 104 Å². The first-order valence-corrected chi connectivity index (χ1v) is 8.03. The second-order valence-electron chi connectivity index (χ2n) is 5.88. The molecule has 0 aliphatic carbocycles. The molecule has 0 spiro atoms. The van der Waals surface area contributed by atoms with Crippen LogP contribution in [0.15, 0.2) is 0 Å². The Kier molecular flexibility index (Phi) is 11.6. The molecule has 0 aromatic carbocycles. The molecule has 0 rings (SSSR count). The minimum absolute atomic E-state index is 0.166. The lowest BCUT2D eigenvalue weighted by molar-refractivity contribution is 0.330. The fourth-order valence-electron chi connectivity index (χ4n) is 2.54. The van der Waals surface area contributed by atoms with Gasteiger partial charge in [0.05, 0.1) is 6.17 Å². The van der Waals surface area contributed by atoms with Crippen LogP contribution in [0, 0.1) is 5.92 Å². The second kappa shape index (κ2) is 11.6. The minimum atomic E-state index is -0.166. The molecule has 0 aliphatic heterocycles. The molecule has 4 heteroatoms. The first-order chi connectivity index (χ1) is 9.01. The van der Waals surface area contributed by atoms with Crippen LogP contribution in [-0.2, 0) is 0 Å². The van der Waals surface area contributed by atoms with Crippen LogP contribution in [0.5, 0.6) is 0 Å². The summed E-state index contributed by atoms with van der Waals surface area (Å²) >= 11 is 0. The van der Waals surface area contributed by atoms with E-state index in [1.54, 1.807) is 0 Å². The number of rotatable bonds is 12. The predicted molar refractivity (Wildman–Crippen MR) is 84.5 cm³/mol. The van der Waals surface area contributed by atoms with Gasteiger partial charge in [-0.25, -0.2) is 0 Å². The van der Waals surface area contributed by atoms with E-state index in [9.17, 15) is 0 Å². The zero-order chi connectivity index (χ0) is 14.7. The lowest BCUT2D eigenvalue weighted by atomic mass is 9.87. The van der Waals surface area contributed by atoms with E-state index in [0.717, 1.165) is 32.1 Å². The molecule has 0 saturated carbocycles. The molecule has 8 N–H and O–H groups in total. The third kappa shape index (κ3) is 10.3. The molecule has 0 saturated heterocycles. The van der Waals surface area contributed by atoms with Gasteiger partial charge < -0.3 is 22.9 Å². The Labute approximate surface area is 119 Å². The van der Waals surface area contributed by atoms with E-state index in [1.165, 1.54) is 25.7 Å². The molecule has 0 bridgehead atoms. The maximum absolute atomic E-state index is 6.23. The molecule has 3 atom stereocenters. The average molecular weight is 272 g/mol. The van der Waals surface area contributed by atoms with Crippen molar-refractivity contribution >= 4 is 0 Å². The summed E-state index contributed by atoms with van der Waals surface area (Å²) in [6, 6.07) is 0.679. The van der Waals surface area contributed by atoms with Crippen LogP contribution < -0.4 is 22.9 Å². The molecule has 0 heterocycles. The zero-order valence-corrected chi connectivity index (χ0v) is 13.0. The Morgan fingerprint density at radius 1 is 0.684 bits per heavy atom. The first-order valence-electron chi connectivity index (χ1n) is 8.03. The summed E-state index contributed by atoms with van der Waals surface area (Å²) in [6.07, 6.45) is 9.89. The molecule has 0 fully saturated rings. The average Bonchev–Trinajstić information content (AvgIpc) is 2.39. The molecule has 0 radical (unpaired) electrons. The van der Waals surface area contributed by atoms with Crippen molar-refractivity contribution in [3.05, 3.63) is 0 Å². The molecule has 0 aliphatic rings. The monoisotopic (exact) mass is 272 g/mol. The number of hydrogen-bond acceptors (Lipinski definition) is 4. The Hall–Kier alpha value is -0.160. The van der Waals surface area contributed by atoms with Crippen molar-refractivity contribution in [2.75, 3.05) is 0 Å². The van der Waals surface area contributed by atoms with Gasteiger partial charge in [-0.15, -0.1) is 0 Å². The first kappa shape index (κ1) is 18.8. The quantitative estimate of drug-likeness (QED) is 0.322. The largest absolute Gasteiger partial charge is 0.328 e. The minimum Gasteiger partial charge on any atom is -0.328 e. The lowest BCUT2D eigenvalue weighted by Crippen LogP contribution is -2.31. The smallest absolute Gasteiger partial charge is 0.0520 e. The summed E-state index contributed by atoms with van der Waals surface area (Å²) in [5, 5.41) is 0. The van der Waals surface area contributed by atoms with Gasteiger partial charge in [0.25, 0.3) is 0 Å².